The van der Waals surface area contributed by atoms with Gasteiger partial charge in [0.05, 0.1) is 0 Å². The molecule has 1 fully saturated rings. The van der Waals surface area contributed by atoms with E-state index in [0.717, 1.165) is 30.9 Å². The van der Waals surface area contributed by atoms with E-state index < -0.39 is 0 Å². The highest BCUT2D eigenvalue weighted by Gasteiger charge is 2.51. The fourth-order valence-electron chi connectivity index (χ4n) is 6.64. The molecule has 1 N–H and O–H groups in total. The molecule has 1 aromatic rings. The lowest BCUT2D eigenvalue weighted by Gasteiger charge is -2.57. The third-order valence-electron chi connectivity index (χ3n) is 8.52. The van der Waals surface area contributed by atoms with Gasteiger partial charge in [-0.05, 0) is 101 Å². The standard InChI is InChI=1S/C30H45NO2/c1-22(12-10-13-24(3)33-28(32)31-25-14-8-7-9-15-25)16-18-26-23(2)17-19-27-29(4,5)20-11-21-30(26,27)6/h7-9,12,14-15,17,24,26-27H,10-11,13,16,18-21H2,1-6H3,(H,31,32)/t24-,26+,27-,30+/m0/s1. The fraction of sp³-hybridized carbons (Fsp3) is 0.633. The molecule has 3 rings (SSSR count). The fourth-order valence-corrected chi connectivity index (χ4v) is 6.64. The van der Waals surface area contributed by atoms with E-state index in [1.54, 1.807) is 5.57 Å². The molecular weight excluding hydrogens is 406 g/mol. The summed E-state index contributed by atoms with van der Waals surface area (Å²) in [7, 11) is 0. The Balaban J connectivity index is 1.46. The van der Waals surface area contributed by atoms with Crippen molar-refractivity contribution in [3.63, 3.8) is 0 Å². The molecule has 0 aliphatic heterocycles. The second-order valence-corrected chi connectivity index (χ2v) is 11.5. The largest absolute Gasteiger partial charge is 0.446 e. The van der Waals surface area contributed by atoms with E-state index in [9.17, 15) is 4.79 Å². The number of allylic oxidation sites excluding steroid dienone is 4. The first-order valence-corrected chi connectivity index (χ1v) is 13.0. The van der Waals surface area contributed by atoms with Gasteiger partial charge in [-0.15, -0.1) is 0 Å². The molecule has 0 saturated heterocycles. The van der Waals surface area contributed by atoms with Crippen LogP contribution >= 0.6 is 0 Å². The number of anilines is 1. The molecule has 3 nitrogen and oxygen atoms in total. The summed E-state index contributed by atoms with van der Waals surface area (Å²) in [4.78, 5) is 12.1. The van der Waals surface area contributed by atoms with Gasteiger partial charge in [0.15, 0.2) is 0 Å². The highest BCUT2D eigenvalue weighted by Crippen LogP contribution is 2.60. The zero-order chi connectivity index (χ0) is 24.1. The van der Waals surface area contributed by atoms with E-state index in [2.05, 4.69) is 52.1 Å². The van der Waals surface area contributed by atoms with Crippen molar-refractivity contribution in [2.45, 2.75) is 99.0 Å². The average molecular weight is 452 g/mol. The molecule has 1 saturated carbocycles. The first-order chi connectivity index (χ1) is 15.6. The summed E-state index contributed by atoms with van der Waals surface area (Å²) in [6.07, 6.45) is 14.0. The SMILES string of the molecule is CC(=CCC[C@H](C)OC(=O)Nc1ccccc1)CC[C@@H]1C(C)=CC[C@H]2C(C)(C)CCC[C@]12C. The second-order valence-electron chi connectivity index (χ2n) is 11.5. The number of rotatable bonds is 8. The summed E-state index contributed by atoms with van der Waals surface area (Å²) in [6.45, 7) is 14.2. The number of benzene rings is 1. The van der Waals surface area contributed by atoms with Crippen LogP contribution in [-0.2, 0) is 4.74 Å². The van der Waals surface area contributed by atoms with Crippen LogP contribution in [0.15, 0.2) is 53.6 Å². The third kappa shape index (κ3) is 6.52. The van der Waals surface area contributed by atoms with Gasteiger partial charge in [0.1, 0.15) is 6.10 Å². The van der Waals surface area contributed by atoms with Crippen molar-refractivity contribution in [3.05, 3.63) is 53.6 Å². The predicted octanol–water partition coefficient (Wildman–Crippen LogP) is 8.93. The van der Waals surface area contributed by atoms with Crippen molar-refractivity contribution in [1.82, 2.24) is 0 Å². The normalized spacial score (nSPS) is 27.8. The number of ether oxygens (including phenoxy) is 1. The van der Waals surface area contributed by atoms with Gasteiger partial charge in [-0.3, -0.25) is 5.32 Å². The van der Waals surface area contributed by atoms with Gasteiger partial charge in [-0.1, -0.05) is 68.7 Å². The van der Waals surface area contributed by atoms with E-state index in [1.807, 2.05) is 37.3 Å². The number of carbonyl (C=O) groups excluding carboxylic acids is 1. The van der Waals surface area contributed by atoms with E-state index in [1.165, 1.54) is 37.7 Å². The second kappa shape index (κ2) is 10.9. The predicted molar refractivity (Wildman–Crippen MR) is 139 cm³/mol. The van der Waals surface area contributed by atoms with Crippen molar-refractivity contribution in [3.8, 4) is 0 Å². The molecule has 0 spiro atoms. The molecule has 0 aromatic heterocycles. The molecule has 1 aromatic carbocycles. The quantitative estimate of drug-likeness (QED) is 0.401. The van der Waals surface area contributed by atoms with Crippen molar-refractivity contribution in [1.29, 1.82) is 0 Å². The van der Waals surface area contributed by atoms with E-state index in [0.29, 0.717) is 16.7 Å². The minimum atomic E-state index is -0.382. The number of hydrogen-bond donors (Lipinski definition) is 1. The molecule has 3 heteroatoms. The van der Waals surface area contributed by atoms with Gasteiger partial charge >= 0.3 is 6.09 Å². The van der Waals surface area contributed by atoms with Crippen molar-refractivity contribution >= 4 is 11.8 Å². The van der Waals surface area contributed by atoms with Gasteiger partial charge in [-0.25, -0.2) is 4.79 Å². The Labute approximate surface area is 202 Å². The summed E-state index contributed by atoms with van der Waals surface area (Å²) in [5.41, 5.74) is 4.73. The number of para-hydroxylation sites is 1. The van der Waals surface area contributed by atoms with Gasteiger partial charge in [0.2, 0.25) is 0 Å². The minimum Gasteiger partial charge on any atom is -0.446 e. The van der Waals surface area contributed by atoms with Gasteiger partial charge in [-0.2, -0.15) is 0 Å². The Kier molecular flexibility index (Phi) is 8.48. The lowest BCUT2D eigenvalue weighted by atomic mass is 9.48. The Morgan fingerprint density at radius 2 is 1.94 bits per heavy atom. The van der Waals surface area contributed by atoms with Crippen LogP contribution in [0.4, 0.5) is 10.5 Å². The van der Waals surface area contributed by atoms with Crippen LogP contribution in [0.3, 0.4) is 0 Å². The summed E-state index contributed by atoms with van der Waals surface area (Å²) in [5, 5.41) is 2.78. The molecule has 182 valence electrons. The number of carbonyl (C=O) groups is 1. The molecule has 2 aliphatic rings. The summed E-state index contributed by atoms with van der Waals surface area (Å²) < 4.78 is 5.51. The van der Waals surface area contributed by atoms with Gasteiger partial charge < -0.3 is 4.74 Å². The molecule has 0 heterocycles. The summed E-state index contributed by atoms with van der Waals surface area (Å²) >= 11 is 0. The first-order valence-electron chi connectivity index (χ1n) is 13.0. The Morgan fingerprint density at radius 1 is 1.21 bits per heavy atom. The Hall–Kier alpha value is -2.03. The van der Waals surface area contributed by atoms with Gasteiger partial charge in [0, 0.05) is 5.69 Å². The monoisotopic (exact) mass is 451 g/mol. The maximum absolute atomic E-state index is 12.1. The number of amides is 1. The maximum atomic E-state index is 12.1. The molecule has 0 radical (unpaired) electrons. The summed E-state index contributed by atoms with van der Waals surface area (Å²) in [6, 6.07) is 9.43. The molecule has 2 aliphatic carbocycles. The van der Waals surface area contributed by atoms with Crippen molar-refractivity contribution in [2.24, 2.45) is 22.7 Å². The molecule has 0 bridgehead atoms. The highest BCUT2D eigenvalue weighted by atomic mass is 16.6. The maximum Gasteiger partial charge on any atom is 0.411 e. The molecule has 0 unspecified atom stereocenters. The average Bonchev–Trinajstić information content (AvgIpc) is 2.73. The number of nitrogens with one attached hydrogen (secondary N) is 1. The lowest BCUT2D eigenvalue weighted by Crippen LogP contribution is -2.48. The van der Waals surface area contributed by atoms with E-state index in [-0.39, 0.29) is 12.2 Å². The van der Waals surface area contributed by atoms with Gasteiger partial charge in [0.25, 0.3) is 0 Å². The van der Waals surface area contributed by atoms with Crippen LogP contribution in [0.25, 0.3) is 0 Å². The topological polar surface area (TPSA) is 38.3 Å². The van der Waals surface area contributed by atoms with Crippen LogP contribution in [-0.4, -0.2) is 12.2 Å². The zero-order valence-electron chi connectivity index (χ0n) is 21.7. The third-order valence-corrected chi connectivity index (χ3v) is 8.52. The zero-order valence-corrected chi connectivity index (χ0v) is 21.7. The molecule has 33 heavy (non-hydrogen) atoms. The van der Waals surface area contributed by atoms with Crippen LogP contribution in [0, 0.1) is 22.7 Å². The Bertz CT molecular complexity index is 853. The van der Waals surface area contributed by atoms with Crippen LogP contribution < -0.4 is 5.32 Å². The van der Waals surface area contributed by atoms with Crippen molar-refractivity contribution in [2.75, 3.05) is 5.32 Å². The van der Waals surface area contributed by atoms with Crippen LogP contribution in [0.2, 0.25) is 0 Å². The minimum absolute atomic E-state index is 0.106. The van der Waals surface area contributed by atoms with E-state index >= 15 is 0 Å². The molecule has 4 atom stereocenters. The highest BCUT2D eigenvalue weighted by molar-refractivity contribution is 5.84. The van der Waals surface area contributed by atoms with Crippen LogP contribution in [0.5, 0.6) is 0 Å². The van der Waals surface area contributed by atoms with Crippen LogP contribution in [0.1, 0.15) is 92.9 Å². The number of fused-ring (bicyclic) bond motifs is 1. The number of hydrogen-bond acceptors (Lipinski definition) is 2. The first kappa shape index (κ1) is 25.6. The van der Waals surface area contributed by atoms with Crippen molar-refractivity contribution < 1.29 is 9.53 Å². The smallest absolute Gasteiger partial charge is 0.411 e. The Morgan fingerprint density at radius 3 is 2.67 bits per heavy atom. The molecule has 1 amide bonds. The lowest BCUT2D eigenvalue weighted by molar-refractivity contribution is -0.0390. The summed E-state index contributed by atoms with van der Waals surface area (Å²) in [5.74, 6) is 1.50. The molecular formula is C30H45NO2. The van der Waals surface area contributed by atoms with E-state index in [4.69, 9.17) is 4.74 Å².